The Morgan fingerprint density at radius 3 is 2.71 bits per heavy atom. The Balaban J connectivity index is 1.66. The minimum Gasteiger partial charge on any atom is -0.497 e. The largest absolute Gasteiger partial charge is 0.497 e. The molecule has 1 aliphatic rings. The quantitative estimate of drug-likeness (QED) is 0.579. The Morgan fingerprint density at radius 2 is 2.00 bits per heavy atom. The predicted octanol–water partition coefficient (Wildman–Crippen LogP) is 3.40. The third kappa shape index (κ3) is 4.41. The van der Waals surface area contributed by atoms with Crippen LogP contribution in [0.5, 0.6) is 5.75 Å². The van der Waals surface area contributed by atoms with Crippen LogP contribution in [0.15, 0.2) is 48.7 Å². The lowest BCUT2D eigenvalue weighted by atomic mass is 9.73. The standard InChI is InChI=1S/C23H28N4O3S/c1-29-18-8-6-17(7-9-18)23(11-14-30-15-12-23)22(28)24-19(10-16-31-2)21-26-25-20-5-3-4-13-27(20)21/h3-9,13,19H,10-12,14-16H2,1-2H3,(H,24,28). The molecule has 4 rings (SSSR count). The zero-order valence-electron chi connectivity index (χ0n) is 17.9. The molecule has 1 atom stereocenters. The van der Waals surface area contributed by atoms with E-state index in [1.807, 2.05) is 53.1 Å². The van der Waals surface area contributed by atoms with Crippen molar-refractivity contribution in [3.63, 3.8) is 0 Å². The second kappa shape index (κ2) is 9.70. The number of carbonyl (C=O) groups excluding carboxylic acids is 1. The zero-order chi connectivity index (χ0) is 21.7. The number of nitrogens with zero attached hydrogens (tertiary/aromatic N) is 3. The van der Waals surface area contributed by atoms with Gasteiger partial charge in [0.05, 0.1) is 18.6 Å². The van der Waals surface area contributed by atoms with Gasteiger partial charge < -0.3 is 14.8 Å². The van der Waals surface area contributed by atoms with Gasteiger partial charge in [0.1, 0.15) is 5.75 Å². The number of methoxy groups -OCH3 is 1. The molecule has 0 saturated carbocycles. The fraction of sp³-hybridized carbons (Fsp3) is 0.435. The molecule has 0 radical (unpaired) electrons. The summed E-state index contributed by atoms with van der Waals surface area (Å²) in [5, 5.41) is 12.0. The van der Waals surface area contributed by atoms with Crippen LogP contribution in [0.25, 0.3) is 5.65 Å². The third-order valence-corrected chi connectivity index (χ3v) is 6.64. The fourth-order valence-electron chi connectivity index (χ4n) is 4.17. The SMILES string of the molecule is COc1ccc(C2(C(=O)NC(CCSC)c3nnc4ccccn34)CCOCC2)cc1. The third-order valence-electron chi connectivity index (χ3n) is 5.99. The highest BCUT2D eigenvalue weighted by Gasteiger charge is 2.42. The Labute approximate surface area is 186 Å². The van der Waals surface area contributed by atoms with Crippen LogP contribution in [0.2, 0.25) is 0 Å². The molecule has 1 aromatic carbocycles. The highest BCUT2D eigenvalue weighted by Crippen LogP contribution is 2.37. The van der Waals surface area contributed by atoms with Crippen molar-refractivity contribution in [1.82, 2.24) is 19.9 Å². The number of rotatable bonds is 8. The van der Waals surface area contributed by atoms with Gasteiger partial charge in [0.2, 0.25) is 5.91 Å². The number of fused-ring (bicyclic) bond motifs is 1. The van der Waals surface area contributed by atoms with Gasteiger partial charge in [-0.2, -0.15) is 11.8 Å². The molecule has 2 aromatic heterocycles. The molecule has 8 heteroatoms. The molecular formula is C23H28N4O3S. The number of benzene rings is 1. The van der Waals surface area contributed by atoms with Crippen molar-refractivity contribution in [3.05, 3.63) is 60.0 Å². The van der Waals surface area contributed by atoms with Crippen molar-refractivity contribution in [2.24, 2.45) is 0 Å². The van der Waals surface area contributed by atoms with Gasteiger partial charge in [-0.25, -0.2) is 0 Å². The normalized spacial score (nSPS) is 16.7. The molecule has 1 saturated heterocycles. The molecule has 0 bridgehead atoms. The molecule has 0 aliphatic carbocycles. The average Bonchev–Trinajstić information content (AvgIpc) is 3.26. The summed E-state index contributed by atoms with van der Waals surface area (Å²) < 4.78 is 12.9. The van der Waals surface area contributed by atoms with Gasteiger partial charge in [0.15, 0.2) is 11.5 Å². The van der Waals surface area contributed by atoms with Crippen molar-refractivity contribution >= 4 is 23.3 Å². The van der Waals surface area contributed by atoms with Crippen LogP contribution in [-0.4, -0.2) is 52.8 Å². The van der Waals surface area contributed by atoms with E-state index in [9.17, 15) is 4.79 Å². The first-order valence-corrected chi connectivity index (χ1v) is 11.9. The maximum Gasteiger partial charge on any atom is 0.231 e. The number of aromatic nitrogens is 3. The van der Waals surface area contributed by atoms with Crippen molar-refractivity contribution in [3.8, 4) is 5.75 Å². The molecule has 1 fully saturated rings. The molecule has 164 valence electrons. The summed E-state index contributed by atoms with van der Waals surface area (Å²) >= 11 is 1.75. The van der Waals surface area contributed by atoms with Gasteiger partial charge in [-0.15, -0.1) is 10.2 Å². The van der Waals surface area contributed by atoms with Gasteiger partial charge in [-0.05, 0) is 61.1 Å². The molecule has 3 heterocycles. The van der Waals surface area contributed by atoms with Crippen LogP contribution in [0.4, 0.5) is 0 Å². The van der Waals surface area contributed by atoms with Gasteiger partial charge in [-0.3, -0.25) is 9.20 Å². The van der Waals surface area contributed by atoms with Crippen molar-refractivity contribution in [2.45, 2.75) is 30.7 Å². The van der Waals surface area contributed by atoms with E-state index in [0.717, 1.165) is 35.0 Å². The maximum atomic E-state index is 13.8. The van der Waals surface area contributed by atoms with Crippen LogP contribution >= 0.6 is 11.8 Å². The highest BCUT2D eigenvalue weighted by molar-refractivity contribution is 7.98. The van der Waals surface area contributed by atoms with E-state index in [-0.39, 0.29) is 11.9 Å². The van der Waals surface area contributed by atoms with E-state index in [2.05, 4.69) is 21.8 Å². The summed E-state index contributed by atoms with van der Waals surface area (Å²) in [6, 6.07) is 13.4. The van der Waals surface area contributed by atoms with Crippen LogP contribution in [0.3, 0.4) is 0 Å². The highest BCUT2D eigenvalue weighted by atomic mass is 32.2. The number of pyridine rings is 1. The topological polar surface area (TPSA) is 77.8 Å². The average molecular weight is 441 g/mol. The van der Waals surface area contributed by atoms with E-state index >= 15 is 0 Å². The maximum absolute atomic E-state index is 13.8. The second-order valence-electron chi connectivity index (χ2n) is 7.72. The van der Waals surface area contributed by atoms with Crippen LogP contribution in [0, 0.1) is 0 Å². The second-order valence-corrected chi connectivity index (χ2v) is 8.70. The summed E-state index contributed by atoms with van der Waals surface area (Å²) in [6.07, 6.45) is 6.06. The van der Waals surface area contributed by atoms with Crippen molar-refractivity contribution in [2.75, 3.05) is 32.3 Å². The first-order chi connectivity index (χ1) is 15.2. The Bertz CT molecular complexity index is 1020. The van der Waals surface area contributed by atoms with E-state index in [4.69, 9.17) is 9.47 Å². The number of hydrogen-bond acceptors (Lipinski definition) is 6. The van der Waals surface area contributed by atoms with E-state index in [1.54, 1.807) is 18.9 Å². The van der Waals surface area contributed by atoms with Crippen molar-refractivity contribution < 1.29 is 14.3 Å². The molecule has 1 unspecified atom stereocenters. The summed E-state index contributed by atoms with van der Waals surface area (Å²) in [4.78, 5) is 13.8. The van der Waals surface area contributed by atoms with Gasteiger partial charge in [0, 0.05) is 19.4 Å². The lowest BCUT2D eigenvalue weighted by molar-refractivity contribution is -0.131. The van der Waals surface area contributed by atoms with Crippen LogP contribution < -0.4 is 10.1 Å². The first kappa shape index (κ1) is 21.6. The van der Waals surface area contributed by atoms with Gasteiger partial charge >= 0.3 is 0 Å². The Hall–Kier alpha value is -2.58. The zero-order valence-corrected chi connectivity index (χ0v) is 18.7. The van der Waals surface area contributed by atoms with E-state index < -0.39 is 5.41 Å². The number of nitrogens with one attached hydrogen (secondary N) is 1. The molecule has 1 aliphatic heterocycles. The lowest BCUT2D eigenvalue weighted by Crippen LogP contribution is -2.49. The Kier molecular flexibility index (Phi) is 6.77. The summed E-state index contributed by atoms with van der Waals surface area (Å²) in [6.45, 7) is 1.12. The van der Waals surface area contributed by atoms with Crippen LogP contribution in [-0.2, 0) is 14.9 Å². The molecular weight excluding hydrogens is 412 g/mol. The molecule has 1 amide bonds. The molecule has 0 spiro atoms. The summed E-state index contributed by atoms with van der Waals surface area (Å²) in [5.74, 6) is 2.46. The van der Waals surface area contributed by atoms with E-state index in [0.29, 0.717) is 26.1 Å². The predicted molar refractivity (Wildman–Crippen MR) is 122 cm³/mol. The van der Waals surface area contributed by atoms with Gasteiger partial charge in [-0.1, -0.05) is 18.2 Å². The van der Waals surface area contributed by atoms with Gasteiger partial charge in [0.25, 0.3) is 0 Å². The molecule has 7 nitrogen and oxygen atoms in total. The first-order valence-electron chi connectivity index (χ1n) is 10.5. The Morgan fingerprint density at radius 1 is 1.23 bits per heavy atom. The monoisotopic (exact) mass is 440 g/mol. The molecule has 31 heavy (non-hydrogen) atoms. The number of carbonyl (C=O) groups is 1. The van der Waals surface area contributed by atoms with Crippen molar-refractivity contribution in [1.29, 1.82) is 0 Å². The minimum atomic E-state index is -0.636. The number of amides is 1. The number of ether oxygens (including phenoxy) is 2. The van der Waals surface area contributed by atoms with E-state index in [1.165, 1.54) is 0 Å². The fourth-order valence-corrected chi connectivity index (χ4v) is 4.64. The smallest absolute Gasteiger partial charge is 0.231 e. The summed E-state index contributed by atoms with van der Waals surface area (Å²) in [7, 11) is 1.64. The minimum absolute atomic E-state index is 0.0137. The van der Waals surface area contributed by atoms with Crippen LogP contribution in [0.1, 0.15) is 36.7 Å². The molecule has 3 aromatic rings. The number of thioether (sulfide) groups is 1. The molecule has 1 N–H and O–H groups in total. The summed E-state index contributed by atoms with van der Waals surface area (Å²) in [5.41, 5.74) is 1.13. The number of hydrogen-bond donors (Lipinski definition) is 1. The lowest BCUT2D eigenvalue weighted by Gasteiger charge is -2.37.